The Morgan fingerprint density at radius 1 is 1.50 bits per heavy atom. The minimum Gasteiger partial charge on any atom is -0.326 e. The van der Waals surface area contributed by atoms with Gasteiger partial charge in [0, 0.05) is 24.7 Å². The fourth-order valence-corrected chi connectivity index (χ4v) is 2.95. The quantitative estimate of drug-likeness (QED) is 0.594. The summed E-state index contributed by atoms with van der Waals surface area (Å²) < 4.78 is 39.6. The van der Waals surface area contributed by atoms with E-state index in [4.69, 9.17) is 5.73 Å². The molecule has 0 radical (unpaired) electrons. The number of hydrogen-bond acceptors (Lipinski definition) is 5. The van der Waals surface area contributed by atoms with Gasteiger partial charge in [-0.2, -0.15) is 0 Å². The normalized spacial score (nSPS) is 16.9. The number of nitrogens with one attached hydrogen (secondary N) is 1. The van der Waals surface area contributed by atoms with Crippen LogP contribution < -0.4 is 10.5 Å². The van der Waals surface area contributed by atoms with E-state index in [1.807, 2.05) is 0 Å². The SMILES string of the molecule is NC(CNS(=O)(=O)c1cc([N+](=O)[O-])ccc1F)C1CC1. The van der Waals surface area contributed by atoms with E-state index < -0.39 is 31.3 Å². The third-order valence-electron chi connectivity index (χ3n) is 3.15. The highest BCUT2D eigenvalue weighted by molar-refractivity contribution is 7.89. The minimum atomic E-state index is -4.16. The third-order valence-corrected chi connectivity index (χ3v) is 4.59. The van der Waals surface area contributed by atoms with Gasteiger partial charge in [-0.1, -0.05) is 0 Å². The van der Waals surface area contributed by atoms with E-state index in [9.17, 15) is 22.9 Å². The first-order chi connectivity index (χ1) is 9.31. The van der Waals surface area contributed by atoms with Crippen molar-refractivity contribution in [2.24, 2.45) is 11.7 Å². The van der Waals surface area contributed by atoms with E-state index in [1.54, 1.807) is 0 Å². The number of nitrogens with zero attached hydrogens (tertiary/aromatic N) is 1. The maximum absolute atomic E-state index is 13.6. The van der Waals surface area contributed by atoms with Crippen LogP contribution in [0, 0.1) is 21.8 Å². The number of sulfonamides is 1. The van der Waals surface area contributed by atoms with Gasteiger partial charge in [0.15, 0.2) is 0 Å². The first kappa shape index (κ1) is 14.8. The lowest BCUT2D eigenvalue weighted by molar-refractivity contribution is -0.385. The number of rotatable bonds is 6. The average molecular weight is 303 g/mol. The summed E-state index contributed by atoms with van der Waals surface area (Å²) in [5.74, 6) is -0.754. The number of nitrogens with two attached hydrogens (primary N) is 1. The van der Waals surface area contributed by atoms with E-state index in [1.165, 1.54) is 0 Å². The van der Waals surface area contributed by atoms with E-state index >= 15 is 0 Å². The van der Waals surface area contributed by atoms with Crippen LogP contribution >= 0.6 is 0 Å². The Hall–Kier alpha value is -1.58. The predicted octanol–water partition coefficient (Wildman–Crippen LogP) is 0.750. The van der Waals surface area contributed by atoms with Gasteiger partial charge in [0.25, 0.3) is 5.69 Å². The van der Waals surface area contributed by atoms with E-state index in [0.29, 0.717) is 6.07 Å². The summed E-state index contributed by atoms with van der Waals surface area (Å²) in [4.78, 5) is 9.08. The number of benzene rings is 1. The summed E-state index contributed by atoms with van der Waals surface area (Å²) in [7, 11) is -4.16. The first-order valence-electron chi connectivity index (χ1n) is 6.00. The van der Waals surface area contributed by atoms with Crippen molar-refractivity contribution in [3.8, 4) is 0 Å². The summed E-state index contributed by atoms with van der Waals surface area (Å²) in [6.07, 6.45) is 1.90. The summed E-state index contributed by atoms with van der Waals surface area (Å²) >= 11 is 0. The van der Waals surface area contributed by atoms with Crippen molar-refractivity contribution in [1.29, 1.82) is 0 Å². The molecule has 1 unspecified atom stereocenters. The van der Waals surface area contributed by atoms with Crippen LogP contribution in [0.4, 0.5) is 10.1 Å². The van der Waals surface area contributed by atoms with Gasteiger partial charge in [-0.3, -0.25) is 10.1 Å². The van der Waals surface area contributed by atoms with Crippen LogP contribution in [0.3, 0.4) is 0 Å². The zero-order valence-electron chi connectivity index (χ0n) is 10.5. The molecule has 1 aromatic rings. The molecule has 110 valence electrons. The lowest BCUT2D eigenvalue weighted by Crippen LogP contribution is -2.38. The molecule has 7 nitrogen and oxygen atoms in total. The summed E-state index contributed by atoms with van der Waals surface area (Å²) in [6, 6.07) is 2.03. The van der Waals surface area contributed by atoms with Crippen LogP contribution in [0.25, 0.3) is 0 Å². The second-order valence-electron chi connectivity index (χ2n) is 4.73. The molecular weight excluding hydrogens is 289 g/mol. The number of halogens is 1. The summed E-state index contributed by atoms with van der Waals surface area (Å²) in [5.41, 5.74) is 5.26. The predicted molar refractivity (Wildman–Crippen MR) is 68.9 cm³/mol. The molecule has 1 atom stereocenters. The van der Waals surface area contributed by atoms with Gasteiger partial charge in [0.05, 0.1) is 4.92 Å². The molecule has 0 aliphatic heterocycles. The second kappa shape index (κ2) is 5.43. The lowest BCUT2D eigenvalue weighted by atomic mass is 10.2. The van der Waals surface area contributed by atoms with E-state index in [-0.39, 0.29) is 18.5 Å². The maximum atomic E-state index is 13.6. The van der Waals surface area contributed by atoms with Crippen LogP contribution in [0.5, 0.6) is 0 Å². The van der Waals surface area contributed by atoms with Gasteiger partial charge in [-0.25, -0.2) is 17.5 Å². The zero-order chi connectivity index (χ0) is 14.9. The number of non-ortho nitro benzene ring substituents is 1. The van der Waals surface area contributed by atoms with Crippen LogP contribution in [0.1, 0.15) is 12.8 Å². The smallest absolute Gasteiger partial charge is 0.270 e. The van der Waals surface area contributed by atoms with Crippen molar-refractivity contribution >= 4 is 15.7 Å². The van der Waals surface area contributed by atoms with Gasteiger partial charge in [0.2, 0.25) is 10.0 Å². The number of nitro benzene ring substituents is 1. The maximum Gasteiger partial charge on any atom is 0.270 e. The molecule has 1 aromatic carbocycles. The molecule has 3 N–H and O–H groups in total. The first-order valence-corrected chi connectivity index (χ1v) is 7.49. The summed E-state index contributed by atoms with van der Waals surface area (Å²) in [5, 5.41) is 10.6. The van der Waals surface area contributed by atoms with Crippen molar-refractivity contribution in [2.75, 3.05) is 6.54 Å². The molecule has 0 heterocycles. The van der Waals surface area contributed by atoms with Crippen molar-refractivity contribution in [1.82, 2.24) is 4.72 Å². The fraction of sp³-hybridized carbons (Fsp3) is 0.455. The Morgan fingerprint density at radius 2 is 2.15 bits per heavy atom. The molecule has 1 aliphatic rings. The molecule has 1 saturated carbocycles. The molecule has 9 heteroatoms. The van der Waals surface area contributed by atoms with Gasteiger partial charge >= 0.3 is 0 Å². The molecule has 20 heavy (non-hydrogen) atoms. The Labute approximate surface area is 115 Å². The van der Waals surface area contributed by atoms with Crippen molar-refractivity contribution < 1.29 is 17.7 Å². The molecule has 0 bridgehead atoms. The molecule has 0 spiro atoms. The summed E-state index contributed by atoms with van der Waals surface area (Å²) in [6.45, 7) is -0.0187. The molecule has 0 saturated heterocycles. The minimum absolute atomic E-state index is 0.0187. The molecule has 1 fully saturated rings. The van der Waals surface area contributed by atoms with E-state index in [2.05, 4.69) is 4.72 Å². The number of nitro groups is 1. The van der Waals surface area contributed by atoms with Gasteiger partial charge in [0.1, 0.15) is 10.7 Å². The topological polar surface area (TPSA) is 115 Å². The molecular formula is C11H14FN3O4S. The monoisotopic (exact) mass is 303 g/mol. The van der Waals surface area contributed by atoms with Crippen LogP contribution in [-0.4, -0.2) is 25.9 Å². The van der Waals surface area contributed by atoms with Gasteiger partial charge in [-0.15, -0.1) is 0 Å². The van der Waals surface area contributed by atoms with Gasteiger partial charge in [-0.05, 0) is 24.8 Å². The third kappa shape index (κ3) is 3.30. The highest BCUT2D eigenvalue weighted by Gasteiger charge is 2.30. The molecule has 0 aromatic heterocycles. The lowest BCUT2D eigenvalue weighted by Gasteiger charge is -2.12. The number of hydrogen-bond donors (Lipinski definition) is 2. The largest absolute Gasteiger partial charge is 0.326 e. The van der Waals surface area contributed by atoms with Gasteiger partial charge < -0.3 is 5.73 Å². The van der Waals surface area contributed by atoms with Crippen molar-refractivity contribution in [3.05, 3.63) is 34.1 Å². The second-order valence-corrected chi connectivity index (χ2v) is 6.46. The standard InChI is InChI=1S/C11H14FN3O4S/c12-9-4-3-8(15(16)17)5-11(9)20(18,19)14-6-10(13)7-1-2-7/h3-5,7,10,14H,1-2,6,13H2. The molecule has 0 amide bonds. The van der Waals surface area contributed by atoms with E-state index in [0.717, 1.165) is 25.0 Å². The van der Waals surface area contributed by atoms with Crippen LogP contribution in [-0.2, 0) is 10.0 Å². The Balaban J connectivity index is 2.19. The highest BCUT2D eigenvalue weighted by atomic mass is 32.2. The molecule has 2 rings (SSSR count). The van der Waals surface area contributed by atoms with Crippen molar-refractivity contribution in [3.63, 3.8) is 0 Å². The van der Waals surface area contributed by atoms with Crippen LogP contribution in [0.2, 0.25) is 0 Å². The molecule has 1 aliphatic carbocycles. The zero-order valence-corrected chi connectivity index (χ0v) is 11.3. The Morgan fingerprint density at radius 3 is 2.70 bits per heavy atom. The Bertz CT molecular complexity index is 631. The Kier molecular flexibility index (Phi) is 4.02. The van der Waals surface area contributed by atoms with Crippen LogP contribution in [0.15, 0.2) is 23.1 Å². The highest BCUT2D eigenvalue weighted by Crippen LogP contribution is 2.31. The fourth-order valence-electron chi connectivity index (χ4n) is 1.79. The average Bonchev–Trinajstić information content (AvgIpc) is 3.20. The van der Waals surface area contributed by atoms with Crippen molar-refractivity contribution in [2.45, 2.75) is 23.8 Å².